The quantitative estimate of drug-likeness (QED) is 0.671. The van der Waals surface area contributed by atoms with E-state index in [1.165, 1.54) is 18.4 Å². The Labute approximate surface area is 132 Å². The molecule has 4 rings (SSSR count). The third kappa shape index (κ3) is 1.78. The van der Waals surface area contributed by atoms with Gasteiger partial charge in [0.25, 0.3) is 0 Å². The van der Waals surface area contributed by atoms with Crippen molar-refractivity contribution in [3.8, 4) is 0 Å². The molecule has 3 heteroatoms. The van der Waals surface area contributed by atoms with Gasteiger partial charge in [0, 0.05) is 5.41 Å². The number of aliphatic hydroxyl groups is 2. The average molecular weight is 308 g/mol. The van der Waals surface area contributed by atoms with Crippen LogP contribution >= 0.6 is 0 Å². The topological polar surface area (TPSA) is 40.5 Å². The summed E-state index contributed by atoms with van der Waals surface area (Å²) >= 11 is 0. The van der Waals surface area contributed by atoms with E-state index in [2.05, 4.69) is 13.0 Å². The van der Waals surface area contributed by atoms with Crippen LogP contribution in [0.25, 0.3) is 0 Å². The van der Waals surface area contributed by atoms with Crippen LogP contribution in [0.3, 0.4) is 0 Å². The van der Waals surface area contributed by atoms with E-state index in [4.69, 9.17) is 0 Å². The van der Waals surface area contributed by atoms with Gasteiger partial charge in [0.05, 0.1) is 12.2 Å². The van der Waals surface area contributed by atoms with Crippen LogP contribution in [0, 0.1) is 28.6 Å². The van der Waals surface area contributed by atoms with Crippen LogP contribution in [0.1, 0.15) is 58.8 Å². The van der Waals surface area contributed by atoms with Gasteiger partial charge in [0.15, 0.2) is 0 Å². The summed E-state index contributed by atoms with van der Waals surface area (Å²) in [6.07, 6.45) is 6.72. The Bertz CT molecular complexity index is 504. The zero-order valence-corrected chi connectivity index (χ0v) is 13.8. The lowest BCUT2D eigenvalue weighted by Crippen LogP contribution is -2.57. The van der Waals surface area contributed by atoms with Gasteiger partial charge in [-0.2, -0.15) is 0 Å². The molecule has 0 aromatic rings. The van der Waals surface area contributed by atoms with Crippen LogP contribution < -0.4 is 0 Å². The summed E-state index contributed by atoms with van der Waals surface area (Å²) < 4.78 is 14.2. The Balaban J connectivity index is 1.74. The monoisotopic (exact) mass is 308 g/mol. The van der Waals surface area contributed by atoms with Gasteiger partial charge >= 0.3 is 0 Å². The molecule has 8 atom stereocenters. The molecule has 3 saturated carbocycles. The number of aliphatic hydroxyl groups excluding tert-OH is 2. The fourth-order valence-electron chi connectivity index (χ4n) is 6.83. The minimum atomic E-state index is -1.11. The molecule has 3 fully saturated rings. The Morgan fingerprint density at radius 2 is 2.05 bits per heavy atom. The van der Waals surface area contributed by atoms with E-state index in [1.807, 2.05) is 6.92 Å². The van der Waals surface area contributed by atoms with E-state index in [0.717, 1.165) is 19.3 Å². The van der Waals surface area contributed by atoms with E-state index in [-0.39, 0.29) is 17.3 Å². The Hall–Kier alpha value is -0.410. The first-order valence-corrected chi connectivity index (χ1v) is 9.07. The Morgan fingerprint density at radius 1 is 1.27 bits per heavy atom. The minimum absolute atomic E-state index is 0.0985. The van der Waals surface area contributed by atoms with Crippen LogP contribution in [0.15, 0.2) is 11.6 Å². The predicted octanol–water partition coefficient (Wildman–Crippen LogP) is 3.62. The van der Waals surface area contributed by atoms with Crippen molar-refractivity contribution in [2.75, 3.05) is 0 Å². The third-order valence-electron chi connectivity index (χ3n) is 7.89. The zero-order chi connectivity index (χ0) is 15.7. The van der Waals surface area contributed by atoms with Crippen molar-refractivity contribution in [3.05, 3.63) is 11.6 Å². The van der Waals surface area contributed by atoms with Crippen molar-refractivity contribution in [2.45, 2.75) is 77.2 Å². The van der Waals surface area contributed by atoms with Gasteiger partial charge in [-0.3, -0.25) is 0 Å². The van der Waals surface area contributed by atoms with Gasteiger partial charge in [-0.1, -0.05) is 25.5 Å². The summed E-state index contributed by atoms with van der Waals surface area (Å²) in [6.45, 7) is 4.34. The molecular weight excluding hydrogens is 279 g/mol. The Morgan fingerprint density at radius 3 is 2.82 bits per heavy atom. The fourth-order valence-corrected chi connectivity index (χ4v) is 6.83. The molecule has 0 bridgehead atoms. The fraction of sp³-hybridized carbons (Fsp3) is 0.895. The molecule has 4 aliphatic rings. The lowest BCUT2D eigenvalue weighted by molar-refractivity contribution is -0.141. The second-order valence-corrected chi connectivity index (χ2v) is 8.85. The lowest BCUT2D eigenvalue weighted by Gasteiger charge is -2.59. The molecule has 0 aliphatic heterocycles. The maximum atomic E-state index is 14.2. The molecule has 124 valence electrons. The van der Waals surface area contributed by atoms with Gasteiger partial charge in [0.1, 0.15) is 6.17 Å². The van der Waals surface area contributed by atoms with Crippen LogP contribution in [-0.4, -0.2) is 28.6 Å². The van der Waals surface area contributed by atoms with Crippen molar-refractivity contribution < 1.29 is 14.6 Å². The molecule has 0 amide bonds. The molecule has 0 aromatic heterocycles. The molecule has 0 spiro atoms. The number of alkyl halides is 1. The van der Waals surface area contributed by atoms with E-state index < -0.39 is 23.8 Å². The lowest BCUT2D eigenvalue weighted by atomic mass is 9.46. The second-order valence-electron chi connectivity index (χ2n) is 8.85. The summed E-state index contributed by atoms with van der Waals surface area (Å²) in [5, 5.41) is 21.3. The van der Waals surface area contributed by atoms with E-state index in [9.17, 15) is 14.6 Å². The molecular formula is C19H29FO2. The molecule has 0 unspecified atom stereocenters. The number of allylic oxidation sites excluding steroid dienone is 2. The second kappa shape index (κ2) is 4.80. The molecule has 0 aromatic carbocycles. The third-order valence-corrected chi connectivity index (χ3v) is 7.89. The van der Waals surface area contributed by atoms with Crippen molar-refractivity contribution in [1.82, 2.24) is 0 Å². The normalized spacial score (nSPS) is 57.6. The van der Waals surface area contributed by atoms with Crippen LogP contribution in [-0.2, 0) is 0 Å². The highest BCUT2D eigenvalue weighted by molar-refractivity contribution is 5.25. The maximum absolute atomic E-state index is 14.2. The summed E-state index contributed by atoms with van der Waals surface area (Å²) in [6, 6.07) is 0. The molecule has 2 nitrogen and oxygen atoms in total. The van der Waals surface area contributed by atoms with Gasteiger partial charge in [-0.05, 0) is 68.1 Å². The van der Waals surface area contributed by atoms with Crippen molar-refractivity contribution >= 4 is 0 Å². The maximum Gasteiger partial charge on any atom is 0.127 e. The van der Waals surface area contributed by atoms with Gasteiger partial charge in [-0.25, -0.2) is 4.39 Å². The smallest absolute Gasteiger partial charge is 0.127 e. The van der Waals surface area contributed by atoms with E-state index in [1.54, 1.807) is 0 Å². The van der Waals surface area contributed by atoms with Gasteiger partial charge in [-0.15, -0.1) is 0 Å². The van der Waals surface area contributed by atoms with Crippen LogP contribution in [0.2, 0.25) is 0 Å². The number of hydrogen-bond acceptors (Lipinski definition) is 2. The first kappa shape index (κ1) is 15.1. The van der Waals surface area contributed by atoms with E-state index in [0.29, 0.717) is 18.8 Å². The number of hydrogen-bond donors (Lipinski definition) is 2. The summed E-state index contributed by atoms with van der Waals surface area (Å²) in [5.41, 5.74) is 1.20. The molecule has 0 heterocycles. The average Bonchev–Trinajstić information content (AvgIpc) is 2.70. The van der Waals surface area contributed by atoms with Crippen molar-refractivity contribution in [2.24, 2.45) is 28.6 Å². The van der Waals surface area contributed by atoms with Crippen molar-refractivity contribution in [1.29, 1.82) is 0 Å². The summed E-state index contributed by atoms with van der Waals surface area (Å²) in [4.78, 5) is 0. The Kier molecular flexibility index (Phi) is 3.30. The number of fused-ring (bicyclic) bond motifs is 5. The summed E-state index contributed by atoms with van der Waals surface area (Å²) in [7, 11) is 0. The molecule has 0 radical (unpaired) electrons. The minimum Gasteiger partial charge on any atom is -0.393 e. The molecule has 22 heavy (non-hydrogen) atoms. The SMILES string of the molecule is C[C@]12C[C@@H](O)[C@H]3[C@@H](CCC4=CCCC[C@@]43C)[C@@H]1C[C@@H](F)[C@H]2O. The zero-order valence-electron chi connectivity index (χ0n) is 13.8. The highest BCUT2D eigenvalue weighted by Gasteiger charge is 2.63. The molecule has 4 aliphatic carbocycles. The summed E-state index contributed by atoms with van der Waals surface area (Å²) in [5.74, 6) is 0.846. The highest BCUT2D eigenvalue weighted by Crippen LogP contribution is 2.65. The first-order valence-electron chi connectivity index (χ1n) is 9.07. The largest absolute Gasteiger partial charge is 0.393 e. The highest BCUT2D eigenvalue weighted by atomic mass is 19.1. The van der Waals surface area contributed by atoms with Crippen LogP contribution in [0.5, 0.6) is 0 Å². The van der Waals surface area contributed by atoms with Crippen molar-refractivity contribution in [3.63, 3.8) is 0 Å². The number of halogens is 1. The molecule has 0 saturated heterocycles. The number of rotatable bonds is 0. The first-order chi connectivity index (χ1) is 10.4. The van der Waals surface area contributed by atoms with Gasteiger partial charge < -0.3 is 10.2 Å². The standard InChI is InChI=1S/C19H29FO2/c1-18-8-4-3-5-11(18)6-7-12-13-9-14(20)17(22)19(13,2)10-15(21)16(12)18/h5,12-17,21-22H,3-4,6-10H2,1-2H3/t12-,13-,14+,15+,16+,17+,18-,19-/m0/s1. The van der Waals surface area contributed by atoms with Gasteiger partial charge in [0.2, 0.25) is 0 Å². The van der Waals surface area contributed by atoms with E-state index >= 15 is 0 Å². The van der Waals surface area contributed by atoms with Crippen LogP contribution in [0.4, 0.5) is 4.39 Å². The predicted molar refractivity (Wildman–Crippen MR) is 84.0 cm³/mol. The molecule has 2 N–H and O–H groups in total.